The standard InChI is InChI=1S/C12H17N3O3/c13-10-2-3-11(16)15(8-10)9-12(17)14-4-1-6-18-7-5-14/h2-3,8H,1,4-7,9,13H2. The third-order valence-corrected chi connectivity index (χ3v) is 2.89. The number of anilines is 1. The Kier molecular flexibility index (Phi) is 3.99. The van der Waals surface area contributed by atoms with E-state index in [0.29, 0.717) is 32.0 Å². The van der Waals surface area contributed by atoms with Crippen LogP contribution in [0, 0.1) is 0 Å². The minimum atomic E-state index is -0.219. The molecule has 1 aliphatic heterocycles. The topological polar surface area (TPSA) is 77.6 Å². The largest absolute Gasteiger partial charge is 0.398 e. The molecule has 0 aliphatic carbocycles. The molecule has 1 amide bonds. The van der Waals surface area contributed by atoms with Crippen LogP contribution in [0.3, 0.4) is 0 Å². The van der Waals surface area contributed by atoms with Crippen molar-refractivity contribution in [2.75, 3.05) is 32.0 Å². The number of nitrogens with zero attached hydrogens (tertiary/aromatic N) is 2. The number of ether oxygens (including phenoxy) is 1. The first kappa shape index (κ1) is 12.6. The SMILES string of the molecule is Nc1ccc(=O)n(CC(=O)N2CCCOCC2)c1. The van der Waals surface area contributed by atoms with E-state index in [1.807, 2.05) is 0 Å². The Bertz CT molecular complexity index is 476. The number of hydrogen-bond donors (Lipinski definition) is 1. The molecule has 2 N–H and O–H groups in total. The van der Waals surface area contributed by atoms with E-state index >= 15 is 0 Å². The summed E-state index contributed by atoms with van der Waals surface area (Å²) in [6.07, 6.45) is 2.33. The summed E-state index contributed by atoms with van der Waals surface area (Å²) in [5.74, 6) is -0.0757. The summed E-state index contributed by atoms with van der Waals surface area (Å²) in [7, 11) is 0. The second-order valence-corrected chi connectivity index (χ2v) is 4.28. The summed E-state index contributed by atoms with van der Waals surface area (Å²) in [5, 5.41) is 0. The zero-order chi connectivity index (χ0) is 13.0. The van der Waals surface area contributed by atoms with E-state index < -0.39 is 0 Å². The van der Waals surface area contributed by atoms with Crippen LogP contribution in [0.1, 0.15) is 6.42 Å². The van der Waals surface area contributed by atoms with Gasteiger partial charge in [0.25, 0.3) is 5.56 Å². The Morgan fingerprint density at radius 2 is 2.17 bits per heavy atom. The fraction of sp³-hybridized carbons (Fsp3) is 0.500. The number of rotatable bonds is 2. The van der Waals surface area contributed by atoms with E-state index in [1.165, 1.54) is 22.9 Å². The van der Waals surface area contributed by atoms with Gasteiger partial charge in [0, 0.05) is 37.6 Å². The molecule has 0 atom stereocenters. The molecule has 0 unspecified atom stereocenters. The molecule has 18 heavy (non-hydrogen) atoms. The van der Waals surface area contributed by atoms with E-state index in [0.717, 1.165) is 6.42 Å². The molecule has 0 spiro atoms. The van der Waals surface area contributed by atoms with Gasteiger partial charge in [-0.1, -0.05) is 0 Å². The fourth-order valence-electron chi connectivity index (χ4n) is 1.91. The smallest absolute Gasteiger partial charge is 0.251 e. The van der Waals surface area contributed by atoms with Gasteiger partial charge in [0.15, 0.2) is 0 Å². The van der Waals surface area contributed by atoms with Crippen LogP contribution >= 0.6 is 0 Å². The summed E-state index contributed by atoms with van der Waals surface area (Å²) in [4.78, 5) is 25.3. The van der Waals surface area contributed by atoms with Crippen molar-refractivity contribution in [3.63, 3.8) is 0 Å². The number of carbonyl (C=O) groups is 1. The number of nitrogen functional groups attached to an aromatic ring is 1. The molecule has 98 valence electrons. The van der Waals surface area contributed by atoms with Crippen molar-refractivity contribution in [2.45, 2.75) is 13.0 Å². The van der Waals surface area contributed by atoms with E-state index in [9.17, 15) is 9.59 Å². The molecule has 1 aliphatic rings. The van der Waals surface area contributed by atoms with Gasteiger partial charge in [-0.2, -0.15) is 0 Å². The lowest BCUT2D eigenvalue weighted by molar-refractivity contribution is -0.131. The molecule has 1 aromatic heterocycles. The van der Waals surface area contributed by atoms with Gasteiger partial charge < -0.3 is 19.9 Å². The van der Waals surface area contributed by atoms with Gasteiger partial charge in [-0.25, -0.2) is 0 Å². The maximum Gasteiger partial charge on any atom is 0.251 e. The van der Waals surface area contributed by atoms with Crippen molar-refractivity contribution in [2.24, 2.45) is 0 Å². The average Bonchev–Trinajstić information content (AvgIpc) is 2.62. The van der Waals surface area contributed by atoms with Crippen LogP contribution < -0.4 is 11.3 Å². The lowest BCUT2D eigenvalue weighted by Gasteiger charge is -2.20. The number of aromatic nitrogens is 1. The molecule has 1 fully saturated rings. The second kappa shape index (κ2) is 5.68. The third-order valence-electron chi connectivity index (χ3n) is 2.89. The zero-order valence-electron chi connectivity index (χ0n) is 10.2. The van der Waals surface area contributed by atoms with Crippen molar-refractivity contribution in [3.8, 4) is 0 Å². The van der Waals surface area contributed by atoms with Gasteiger partial charge in [-0.3, -0.25) is 9.59 Å². The highest BCUT2D eigenvalue weighted by Crippen LogP contribution is 2.02. The Morgan fingerprint density at radius 1 is 1.33 bits per heavy atom. The molecule has 2 rings (SSSR count). The van der Waals surface area contributed by atoms with Gasteiger partial charge in [0.1, 0.15) is 6.54 Å². The number of nitrogens with two attached hydrogens (primary N) is 1. The Morgan fingerprint density at radius 3 is 3.00 bits per heavy atom. The first-order valence-electron chi connectivity index (χ1n) is 5.98. The zero-order valence-corrected chi connectivity index (χ0v) is 10.2. The highest BCUT2D eigenvalue weighted by molar-refractivity contribution is 5.76. The highest BCUT2D eigenvalue weighted by Gasteiger charge is 2.16. The quantitative estimate of drug-likeness (QED) is 0.781. The van der Waals surface area contributed by atoms with Gasteiger partial charge in [0.2, 0.25) is 5.91 Å². The van der Waals surface area contributed by atoms with Gasteiger partial charge in [-0.05, 0) is 12.5 Å². The number of amides is 1. The minimum Gasteiger partial charge on any atom is -0.398 e. The second-order valence-electron chi connectivity index (χ2n) is 4.28. The van der Waals surface area contributed by atoms with E-state index in [2.05, 4.69) is 0 Å². The van der Waals surface area contributed by atoms with E-state index in [-0.39, 0.29) is 18.0 Å². The van der Waals surface area contributed by atoms with Gasteiger partial charge in [0.05, 0.1) is 6.61 Å². The minimum absolute atomic E-state index is 0.0316. The highest BCUT2D eigenvalue weighted by atomic mass is 16.5. The number of pyridine rings is 1. The molecule has 2 heterocycles. The molecule has 6 heteroatoms. The van der Waals surface area contributed by atoms with Crippen LogP contribution in [0.4, 0.5) is 5.69 Å². The number of hydrogen-bond acceptors (Lipinski definition) is 4. The summed E-state index contributed by atoms with van der Waals surface area (Å²) in [5.41, 5.74) is 5.86. The lowest BCUT2D eigenvalue weighted by atomic mass is 10.3. The van der Waals surface area contributed by atoms with Crippen molar-refractivity contribution in [1.82, 2.24) is 9.47 Å². The molecule has 1 aromatic rings. The van der Waals surface area contributed by atoms with Crippen molar-refractivity contribution < 1.29 is 9.53 Å². The van der Waals surface area contributed by atoms with Crippen molar-refractivity contribution >= 4 is 11.6 Å². The first-order valence-corrected chi connectivity index (χ1v) is 5.98. The summed E-state index contributed by atoms with van der Waals surface area (Å²) in [6.45, 7) is 2.52. The average molecular weight is 251 g/mol. The molecule has 0 radical (unpaired) electrons. The van der Waals surface area contributed by atoms with Gasteiger partial charge >= 0.3 is 0 Å². The molecular formula is C12H17N3O3. The van der Waals surface area contributed by atoms with E-state index in [4.69, 9.17) is 10.5 Å². The van der Waals surface area contributed by atoms with Crippen LogP contribution in [0.2, 0.25) is 0 Å². The van der Waals surface area contributed by atoms with Crippen LogP contribution in [0.5, 0.6) is 0 Å². The maximum atomic E-state index is 12.1. The Labute approximate surface area is 105 Å². The maximum absolute atomic E-state index is 12.1. The molecule has 6 nitrogen and oxygen atoms in total. The van der Waals surface area contributed by atoms with Gasteiger partial charge in [-0.15, -0.1) is 0 Å². The summed E-state index contributed by atoms with van der Waals surface area (Å²) in [6, 6.07) is 2.90. The predicted octanol–water partition coefficient (Wildman–Crippen LogP) is -0.321. The molecular weight excluding hydrogens is 234 g/mol. The molecule has 0 saturated carbocycles. The molecule has 0 bridgehead atoms. The van der Waals surface area contributed by atoms with E-state index in [1.54, 1.807) is 4.90 Å². The fourth-order valence-corrected chi connectivity index (χ4v) is 1.91. The first-order chi connectivity index (χ1) is 8.66. The molecule has 0 aromatic carbocycles. The van der Waals surface area contributed by atoms with Crippen molar-refractivity contribution in [1.29, 1.82) is 0 Å². The normalized spacial score (nSPS) is 16.3. The van der Waals surface area contributed by atoms with Crippen LogP contribution in [-0.4, -0.2) is 41.7 Å². The lowest BCUT2D eigenvalue weighted by Crippen LogP contribution is -2.37. The predicted molar refractivity (Wildman–Crippen MR) is 67.1 cm³/mol. The Balaban J connectivity index is 2.05. The summed E-state index contributed by atoms with van der Waals surface area (Å²) >= 11 is 0. The van der Waals surface area contributed by atoms with Crippen LogP contribution in [-0.2, 0) is 16.1 Å². The van der Waals surface area contributed by atoms with Crippen LogP contribution in [0.25, 0.3) is 0 Å². The third kappa shape index (κ3) is 3.10. The van der Waals surface area contributed by atoms with Crippen molar-refractivity contribution in [3.05, 3.63) is 28.7 Å². The number of carbonyl (C=O) groups excluding carboxylic acids is 1. The Hall–Kier alpha value is -1.82. The molecule has 1 saturated heterocycles. The summed E-state index contributed by atoms with van der Waals surface area (Å²) < 4.78 is 6.62. The van der Waals surface area contributed by atoms with Crippen LogP contribution in [0.15, 0.2) is 23.1 Å². The monoisotopic (exact) mass is 251 g/mol.